The number of ether oxygens (including phenoxy) is 1. The highest BCUT2D eigenvalue weighted by molar-refractivity contribution is 7.91. The van der Waals surface area contributed by atoms with Crippen LogP contribution in [-0.4, -0.2) is 41.7 Å². The zero-order valence-corrected chi connectivity index (χ0v) is 18.6. The second kappa shape index (κ2) is 9.03. The largest absolute Gasteiger partial charge is 0.468 e. The topological polar surface area (TPSA) is 131 Å². The Bertz CT molecular complexity index is 1290. The van der Waals surface area contributed by atoms with E-state index in [1.54, 1.807) is 31.2 Å². The summed E-state index contributed by atoms with van der Waals surface area (Å²) in [7, 11) is -2.69. The Balaban J connectivity index is 1.82. The van der Waals surface area contributed by atoms with Crippen LogP contribution in [0.3, 0.4) is 0 Å². The molecule has 0 radical (unpaired) electrons. The van der Waals surface area contributed by atoms with Gasteiger partial charge in [0.15, 0.2) is 15.1 Å². The molecular weight excluding hydrogens is 444 g/mol. The highest BCUT2D eigenvalue weighted by Gasteiger charge is 2.29. The van der Waals surface area contributed by atoms with Gasteiger partial charge in [0.2, 0.25) is 5.95 Å². The molecule has 1 aromatic carbocycles. The van der Waals surface area contributed by atoms with Crippen LogP contribution in [0.1, 0.15) is 31.1 Å². The number of pyridine rings is 1. The van der Waals surface area contributed by atoms with E-state index in [9.17, 15) is 18.0 Å². The van der Waals surface area contributed by atoms with Crippen molar-refractivity contribution in [3.63, 3.8) is 0 Å². The molecule has 0 aliphatic heterocycles. The summed E-state index contributed by atoms with van der Waals surface area (Å²) in [5.74, 6) is -1.14. The van der Waals surface area contributed by atoms with E-state index in [0.717, 1.165) is 12.5 Å². The molecule has 164 valence electrons. The van der Waals surface area contributed by atoms with Gasteiger partial charge < -0.3 is 15.0 Å². The Hall–Kier alpha value is -2.98. The van der Waals surface area contributed by atoms with Crippen molar-refractivity contribution < 1.29 is 17.9 Å². The molecule has 2 N–H and O–H groups in total. The van der Waals surface area contributed by atoms with Crippen LogP contribution in [0, 0.1) is 0 Å². The van der Waals surface area contributed by atoms with E-state index in [1.807, 2.05) is 0 Å². The van der Waals surface area contributed by atoms with E-state index in [1.165, 1.54) is 19.2 Å². The number of nitrogens with one attached hydrogen (secondary N) is 2. The number of carbonyl (C=O) groups excluding carboxylic acids is 1. The van der Waals surface area contributed by atoms with Crippen molar-refractivity contribution in [1.82, 2.24) is 15.0 Å². The monoisotopic (exact) mass is 464 g/mol. The van der Waals surface area contributed by atoms with Crippen LogP contribution < -0.4 is 10.9 Å². The molecule has 2 heterocycles. The van der Waals surface area contributed by atoms with E-state index in [-0.39, 0.29) is 17.2 Å². The van der Waals surface area contributed by atoms with Crippen LogP contribution in [0.25, 0.3) is 10.9 Å². The molecule has 9 nitrogen and oxygen atoms in total. The van der Waals surface area contributed by atoms with Gasteiger partial charge in [-0.05, 0) is 44.2 Å². The van der Waals surface area contributed by atoms with Gasteiger partial charge >= 0.3 is 5.97 Å². The van der Waals surface area contributed by atoms with Crippen molar-refractivity contribution in [3.8, 4) is 0 Å². The number of methoxy groups -OCH3 is 1. The Morgan fingerprint density at radius 2 is 2.00 bits per heavy atom. The maximum Gasteiger partial charge on any atom is 0.323 e. The van der Waals surface area contributed by atoms with Crippen LogP contribution in [0.4, 0.5) is 5.95 Å². The van der Waals surface area contributed by atoms with E-state index in [2.05, 4.69) is 25.0 Å². The van der Waals surface area contributed by atoms with Gasteiger partial charge in [0.1, 0.15) is 0 Å². The third-order valence-electron chi connectivity index (χ3n) is 4.78. The Kier molecular flexibility index (Phi) is 6.61. The molecule has 0 saturated heterocycles. The molecule has 2 aromatic heterocycles. The molecule has 3 rings (SSSR count). The molecule has 3 aromatic rings. The number of aromatic amines is 1. The second-order valence-corrected chi connectivity index (χ2v) is 9.75. The summed E-state index contributed by atoms with van der Waals surface area (Å²) in [6.07, 6.45) is 1.40. The molecular formula is C20H21ClN4O5S. The predicted octanol–water partition coefficient (Wildman–Crippen LogP) is 2.62. The first-order chi connectivity index (χ1) is 14.6. The minimum atomic E-state index is -3.82. The van der Waals surface area contributed by atoms with Crippen molar-refractivity contribution >= 4 is 44.3 Å². The predicted molar refractivity (Wildman–Crippen MR) is 118 cm³/mol. The van der Waals surface area contributed by atoms with Gasteiger partial charge in [0.05, 0.1) is 24.6 Å². The summed E-state index contributed by atoms with van der Waals surface area (Å²) in [6.45, 7) is 3.02. The van der Waals surface area contributed by atoms with Crippen molar-refractivity contribution in [1.29, 1.82) is 0 Å². The maximum atomic E-state index is 12.5. The lowest BCUT2D eigenvalue weighted by molar-refractivity contribution is -0.139. The molecule has 11 heteroatoms. The number of sulfone groups is 1. The van der Waals surface area contributed by atoms with Gasteiger partial charge in [0, 0.05) is 27.7 Å². The second-order valence-electron chi connectivity index (χ2n) is 7.00. The number of anilines is 1. The van der Waals surface area contributed by atoms with Crippen molar-refractivity contribution in [2.24, 2.45) is 0 Å². The normalized spacial score (nSPS) is 13.5. The van der Waals surface area contributed by atoms with Crippen molar-refractivity contribution in [2.45, 2.75) is 30.9 Å². The lowest BCUT2D eigenvalue weighted by Crippen LogP contribution is -2.29. The summed E-state index contributed by atoms with van der Waals surface area (Å²) in [4.78, 5) is 35.2. The van der Waals surface area contributed by atoms with Gasteiger partial charge in [-0.3, -0.25) is 9.59 Å². The number of aromatic nitrogens is 3. The Labute approximate surface area is 183 Å². The number of rotatable bonds is 7. The van der Waals surface area contributed by atoms with Gasteiger partial charge in [0.25, 0.3) is 5.56 Å². The molecule has 0 amide bonds. The highest BCUT2D eigenvalue weighted by atomic mass is 35.5. The fraction of sp³-hybridized carbons (Fsp3) is 0.300. The van der Waals surface area contributed by atoms with Crippen molar-refractivity contribution in [2.75, 3.05) is 12.4 Å². The fourth-order valence-corrected chi connectivity index (χ4v) is 4.37. The van der Waals surface area contributed by atoms with Crippen LogP contribution in [0.15, 0.2) is 41.3 Å². The van der Waals surface area contributed by atoms with E-state index in [0.29, 0.717) is 16.1 Å². The minimum Gasteiger partial charge on any atom is -0.468 e. The smallest absolute Gasteiger partial charge is 0.323 e. The minimum absolute atomic E-state index is 0.150. The number of hydrogen-bond donors (Lipinski definition) is 2. The number of fused-ring (bicyclic) bond motifs is 1. The van der Waals surface area contributed by atoms with E-state index >= 15 is 0 Å². The zero-order chi connectivity index (χ0) is 22.8. The number of hydrogen-bond acceptors (Lipinski definition) is 8. The third kappa shape index (κ3) is 5.20. The number of halogens is 1. The molecule has 0 fully saturated rings. The first-order valence-electron chi connectivity index (χ1n) is 9.31. The molecule has 0 aliphatic carbocycles. The molecule has 1 unspecified atom stereocenters. The standard InChI is InChI=1S/C20H21ClN4O5S/c1-11(16-9-13-8-14(21)4-5-17(13)25-18(16)26)23-20-22-7-6-15(24-20)10-31(28,29)12(2)19(27)30-3/h4-9,11-12H,10H2,1-3H3,(H,25,26)(H,22,23,24)/t11-,12?/m0/s1. The average molecular weight is 465 g/mol. The van der Waals surface area contributed by atoms with Crippen LogP contribution in [-0.2, 0) is 25.1 Å². The number of nitrogens with zero attached hydrogens (tertiary/aromatic N) is 2. The molecule has 0 saturated carbocycles. The first-order valence-corrected chi connectivity index (χ1v) is 11.4. The number of H-pyrrole nitrogens is 1. The molecule has 0 spiro atoms. The summed E-state index contributed by atoms with van der Waals surface area (Å²) >= 11 is 6.04. The molecule has 0 aliphatic rings. The average Bonchev–Trinajstić information content (AvgIpc) is 2.72. The first kappa shape index (κ1) is 22.7. The summed E-state index contributed by atoms with van der Waals surface area (Å²) in [6, 6.07) is 7.85. The maximum absolute atomic E-state index is 12.5. The Morgan fingerprint density at radius 3 is 2.71 bits per heavy atom. The third-order valence-corrected chi connectivity index (χ3v) is 6.98. The van der Waals surface area contributed by atoms with Gasteiger partial charge in [-0.25, -0.2) is 18.4 Å². The summed E-state index contributed by atoms with van der Waals surface area (Å²) in [5.41, 5.74) is 1.03. The van der Waals surface area contributed by atoms with Crippen LogP contribution in [0.2, 0.25) is 5.02 Å². The lowest BCUT2D eigenvalue weighted by Gasteiger charge is -2.15. The number of esters is 1. The number of carbonyl (C=O) groups is 1. The van der Waals surface area contributed by atoms with Gasteiger partial charge in [-0.1, -0.05) is 11.6 Å². The molecule has 2 atom stereocenters. The van der Waals surface area contributed by atoms with Crippen molar-refractivity contribution in [3.05, 3.63) is 63.2 Å². The van der Waals surface area contributed by atoms with Crippen LogP contribution in [0.5, 0.6) is 0 Å². The summed E-state index contributed by atoms with van der Waals surface area (Å²) < 4.78 is 29.3. The van der Waals surface area contributed by atoms with E-state index < -0.39 is 32.9 Å². The van der Waals surface area contributed by atoms with Gasteiger partial charge in [-0.15, -0.1) is 0 Å². The zero-order valence-electron chi connectivity index (χ0n) is 17.0. The molecule has 31 heavy (non-hydrogen) atoms. The SMILES string of the molecule is COC(=O)C(C)S(=O)(=O)Cc1ccnc(N[C@@H](C)c2cc3cc(Cl)ccc3[nH]c2=O)n1. The lowest BCUT2D eigenvalue weighted by atomic mass is 10.1. The Morgan fingerprint density at radius 1 is 1.26 bits per heavy atom. The number of benzene rings is 1. The highest BCUT2D eigenvalue weighted by Crippen LogP contribution is 2.21. The summed E-state index contributed by atoms with van der Waals surface area (Å²) in [5, 5.41) is 3.01. The quantitative estimate of drug-likeness (QED) is 0.510. The van der Waals surface area contributed by atoms with Gasteiger partial charge in [-0.2, -0.15) is 0 Å². The van der Waals surface area contributed by atoms with E-state index in [4.69, 9.17) is 11.6 Å². The molecule has 0 bridgehead atoms. The van der Waals surface area contributed by atoms with Crippen LogP contribution >= 0.6 is 11.6 Å². The fourth-order valence-electron chi connectivity index (χ4n) is 2.98.